The Labute approximate surface area is 175 Å². The van der Waals surface area contributed by atoms with Crippen LogP contribution >= 0.6 is 15.9 Å². The summed E-state index contributed by atoms with van der Waals surface area (Å²) in [6, 6.07) is 11.6. The molecule has 0 aromatic heterocycles. The molecule has 146 valence electrons. The van der Waals surface area contributed by atoms with Gasteiger partial charge >= 0.3 is 0 Å². The van der Waals surface area contributed by atoms with Gasteiger partial charge in [-0.05, 0) is 81.7 Å². The van der Waals surface area contributed by atoms with Crippen molar-refractivity contribution in [3.05, 3.63) is 69.2 Å². The number of fused-ring (bicyclic) bond motifs is 1. The van der Waals surface area contributed by atoms with Gasteiger partial charge < -0.3 is 4.90 Å². The fourth-order valence-corrected chi connectivity index (χ4v) is 4.22. The Morgan fingerprint density at radius 1 is 1.25 bits per heavy atom. The van der Waals surface area contributed by atoms with Crippen molar-refractivity contribution < 1.29 is 4.79 Å². The average molecular weight is 440 g/mol. The molecule has 2 aromatic rings. The predicted molar refractivity (Wildman–Crippen MR) is 121 cm³/mol. The van der Waals surface area contributed by atoms with Gasteiger partial charge in [0.25, 0.3) is 5.91 Å². The molecule has 0 radical (unpaired) electrons. The number of rotatable bonds is 4. The lowest BCUT2D eigenvalue weighted by atomic mass is 9.87. The van der Waals surface area contributed by atoms with Crippen molar-refractivity contribution in [1.29, 1.82) is 0 Å². The van der Waals surface area contributed by atoms with Crippen molar-refractivity contribution in [2.45, 2.75) is 40.2 Å². The number of carbonyl (C=O) groups excluding carboxylic acids is 1. The second-order valence-electron chi connectivity index (χ2n) is 7.66. The summed E-state index contributed by atoms with van der Waals surface area (Å²) in [5.41, 5.74) is 9.02. The number of carbonyl (C=O) groups is 1. The molecule has 28 heavy (non-hydrogen) atoms. The first-order chi connectivity index (χ1) is 13.2. The van der Waals surface area contributed by atoms with E-state index in [2.05, 4.69) is 84.2 Å². The number of hydrogen-bond donors (Lipinski definition) is 1. The van der Waals surface area contributed by atoms with E-state index in [-0.39, 0.29) is 11.4 Å². The smallest absolute Gasteiger partial charge is 0.271 e. The first-order valence-electron chi connectivity index (χ1n) is 9.44. The van der Waals surface area contributed by atoms with Crippen molar-refractivity contribution in [2.75, 3.05) is 11.4 Å². The normalized spacial score (nSPS) is 15.4. The Bertz CT molecular complexity index is 976. The third kappa shape index (κ3) is 4.04. The maximum atomic E-state index is 12.2. The highest BCUT2D eigenvalue weighted by molar-refractivity contribution is 9.10. The Hall–Kier alpha value is -2.40. The number of benzene rings is 2. The van der Waals surface area contributed by atoms with Gasteiger partial charge in [-0.3, -0.25) is 4.79 Å². The maximum absolute atomic E-state index is 12.2. The van der Waals surface area contributed by atoms with Crippen LogP contribution in [0.5, 0.6) is 0 Å². The first-order valence-corrected chi connectivity index (χ1v) is 10.2. The van der Waals surface area contributed by atoms with Crippen LogP contribution in [0.1, 0.15) is 54.7 Å². The molecule has 0 aliphatic carbocycles. The monoisotopic (exact) mass is 439 g/mol. The zero-order chi connectivity index (χ0) is 20.5. The van der Waals surface area contributed by atoms with Gasteiger partial charge in [0.15, 0.2) is 0 Å². The van der Waals surface area contributed by atoms with E-state index in [1.807, 2.05) is 12.1 Å². The average Bonchev–Trinajstić information content (AvgIpc) is 2.62. The van der Waals surface area contributed by atoms with Crippen LogP contribution in [0.4, 0.5) is 5.69 Å². The van der Waals surface area contributed by atoms with Gasteiger partial charge in [0.05, 0.1) is 11.8 Å². The summed E-state index contributed by atoms with van der Waals surface area (Å²) in [7, 11) is 0. The molecule has 3 rings (SSSR count). The number of halogens is 1. The van der Waals surface area contributed by atoms with Crippen LogP contribution < -0.4 is 10.3 Å². The molecule has 0 spiro atoms. The summed E-state index contributed by atoms with van der Waals surface area (Å²) >= 11 is 3.38. The number of nitrogens with zero attached hydrogens (tertiary/aromatic N) is 2. The van der Waals surface area contributed by atoms with Crippen LogP contribution in [0.3, 0.4) is 0 Å². The van der Waals surface area contributed by atoms with Crippen molar-refractivity contribution in [3.8, 4) is 0 Å². The molecule has 0 unspecified atom stereocenters. The molecule has 1 heterocycles. The second kappa shape index (κ2) is 7.92. The highest BCUT2D eigenvalue weighted by Crippen LogP contribution is 2.39. The van der Waals surface area contributed by atoms with Gasteiger partial charge in [0, 0.05) is 27.8 Å². The molecule has 1 amide bonds. The minimum Gasteiger partial charge on any atom is -0.363 e. The SMILES string of the molecule is CCN1c2cc(C)c(/C=N/NC(=O)c3cccc(Br)c3)cc2C(C)=CC1(C)C. The molecule has 1 N–H and O–H groups in total. The molecular formula is C23H26BrN3O. The number of amides is 1. The lowest BCUT2D eigenvalue weighted by Crippen LogP contribution is -2.45. The van der Waals surface area contributed by atoms with Gasteiger partial charge in [-0.1, -0.05) is 28.1 Å². The molecule has 1 aliphatic heterocycles. The Morgan fingerprint density at radius 2 is 2.00 bits per heavy atom. The van der Waals surface area contributed by atoms with Gasteiger partial charge in [-0.2, -0.15) is 5.10 Å². The van der Waals surface area contributed by atoms with Crippen molar-refractivity contribution >= 4 is 39.3 Å². The van der Waals surface area contributed by atoms with Crippen molar-refractivity contribution in [2.24, 2.45) is 5.10 Å². The summed E-state index contributed by atoms with van der Waals surface area (Å²) in [4.78, 5) is 14.7. The molecule has 0 saturated carbocycles. The van der Waals surface area contributed by atoms with E-state index in [9.17, 15) is 4.79 Å². The maximum Gasteiger partial charge on any atom is 0.271 e. The molecule has 2 aromatic carbocycles. The highest BCUT2D eigenvalue weighted by atomic mass is 79.9. The minimum atomic E-state index is -0.233. The number of hydrogen-bond acceptors (Lipinski definition) is 3. The number of likely N-dealkylation sites (N-methyl/N-ethyl adjacent to an activating group) is 1. The number of aryl methyl sites for hydroxylation is 1. The van der Waals surface area contributed by atoms with Gasteiger partial charge in [-0.15, -0.1) is 0 Å². The number of nitrogens with one attached hydrogen (secondary N) is 1. The lowest BCUT2D eigenvalue weighted by molar-refractivity contribution is 0.0955. The molecule has 0 fully saturated rings. The fraction of sp³-hybridized carbons (Fsp3) is 0.304. The molecule has 0 saturated heterocycles. The molecular weight excluding hydrogens is 414 g/mol. The Balaban J connectivity index is 1.85. The molecule has 4 nitrogen and oxygen atoms in total. The van der Waals surface area contributed by atoms with E-state index in [4.69, 9.17) is 0 Å². The van der Waals surface area contributed by atoms with Crippen molar-refractivity contribution in [3.63, 3.8) is 0 Å². The fourth-order valence-electron chi connectivity index (χ4n) is 3.82. The Kier molecular flexibility index (Phi) is 5.75. The molecule has 5 heteroatoms. The van der Waals surface area contributed by atoms with Crippen LogP contribution in [0.25, 0.3) is 5.57 Å². The first kappa shape index (κ1) is 20.3. The lowest BCUT2D eigenvalue weighted by Gasteiger charge is -2.43. The van der Waals surface area contributed by atoms with Crippen LogP contribution in [0, 0.1) is 6.92 Å². The third-order valence-corrected chi connectivity index (χ3v) is 5.63. The van der Waals surface area contributed by atoms with Crippen LogP contribution in [-0.2, 0) is 0 Å². The standard InChI is InChI=1S/C23H26BrN3O/c1-6-27-21-10-15(2)18(12-20(21)16(3)13-23(27,4)5)14-25-26-22(28)17-8-7-9-19(24)11-17/h7-14H,6H2,1-5H3,(H,26,28)/b25-14+. The van der Waals surface area contributed by atoms with Crippen LogP contribution in [0.2, 0.25) is 0 Å². The topological polar surface area (TPSA) is 44.7 Å². The third-order valence-electron chi connectivity index (χ3n) is 5.14. The second-order valence-corrected chi connectivity index (χ2v) is 8.58. The van der Waals surface area contributed by atoms with E-state index in [0.29, 0.717) is 5.56 Å². The summed E-state index contributed by atoms with van der Waals surface area (Å²) in [6.07, 6.45) is 4.03. The van der Waals surface area contributed by atoms with Crippen molar-refractivity contribution in [1.82, 2.24) is 5.43 Å². The van der Waals surface area contributed by atoms with E-state index in [1.165, 1.54) is 16.8 Å². The zero-order valence-corrected chi connectivity index (χ0v) is 18.6. The van der Waals surface area contributed by atoms with E-state index in [0.717, 1.165) is 22.1 Å². The number of allylic oxidation sites excluding steroid dienone is 1. The molecule has 1 aliphatic rings. The van der Waals surface area contributed by atoms with Crippen LogP contribution in [-0.4, -0.2) is 24.2 Å². The highest BCUT2D eigenvalue weighted by Gasteiger charge is 2.30. The zero-order valence-electron chi connectivity index (χ0n) is 17.0. The number of anilines is 1. The molecule has 0 bridgehead atoms. The van der Waals surface area contributed by atoms with Gasteiger partial charge in [0.2, 0.25) is 0 Å². The summed E-state index contributed by atoms with van der Waals surface area (Å²) < 4.78 is 0.861. The molecule has 0 atom stereocenters. The summed E-state index contributed by atoms with van der Waals surface area (Å²) in [5.74, 6) is -0.233. The Morgan fingerprint density at radius 3 is 2.68 bits per heavy atom. The quantitative estimate of drug-likeness (QED) is 0.501. The van der Waals surface area contributed by atoms with Gasteiger partial charge in [0.1, 0.15) is 0 Å². The van der Waals surface area contributed by atoms with Gasteiger partial charge in [-0.25, -0.2) is 5.43 Å². The minimum absolute atomic E-state index is 0.00812. The largest absolute Gasteiger partial charge is 0.363 e. The predicted octanol–water partition coefficient (Wildman–Crippen LogP) is 5.54. The number of hydrazone groups is 1. The van der Waals surface area contributed by atoms with E-state index >= 15 is 0 Å². The van der Waals surface area contributed by atoms with Crippen LogP contribution in [0.15, 0.2) is 52.0 Å². The summed E-state index contributed by atoms with van der Waals surface area (Å²) in [5, 5.41) is 4.18. The summed E-state index contributed by atoms with van der Waals surface area (Å²) in [6.45, 7) is 11.8. The van der Waals surface area contributed by atoms with E-state index < -0.39 is 0 Å². The van der Waals surface area contributed by atoms with E-state index in [1.54, 1.807) is 18.3 Å².